The van der Waals surface area contributed by atoms with Gasteiger partial charge in [-0.15, -0.1) is 11.3 Å². The molecule has 0 fully saturated rings. The molecule has 104 valence electrons. The van der Waals surface area contributed by atoms with Gasteiger partial charge in [0.2, 0.25) is 10.0 Å². The van der Waals surface area contributed by atoms with Crippen molar-refractivity contribution >= 4 is 37.3 Å². The van der Waals surface area contributed by atoms with Crippen molar-refractivity contribution in [3.63, 3.8) is 0 Å². The average molecular weight is 375 g/mol. The maximum atomic E-state index is 13.6. The Labute approximate surface area is 128 Å². The number of hydrogen-bond acceptors (Lipinski definition) is 4. The first-order valence-corrected chi connectivity index (χ1v) is 8.45. The third kappa shape index (κ3) is 3.43. The molecule has 0 aliphatic heterocycles. The molecular formula is C12H8BrFN2O2S2. The van der Waals surface area contributed by atoms with Crippen LogP contribution in [0.1, 0.15) is 11.1 Å². The van der Waals surface area contributed by atoms with Crippen LogP contribution in [0.25, 0.3) is 0 Å². The van der Waals surface area contributed by atoms with E-state index in [1.54, 1.807) is 6.07 Å². The van der Waals surface area contributed by atoms with Crippen molar-refractivity contribution in [2.45, 2.75) is 10.8 Å². The largest absolute Gasteiger partial charge is 0.250 e. The first kappa shape index (κ1) is 15.1. The van der Waals surface area contributed by atoms with Gasteiger partial charge in [-0.3, -0.25) is 0 Å². The molecule has 1 heterocycles. The smallest absolute Gasteiger partial charge is 0.207 e. The minimum atomic E-state index is -3.66. The van der Waals surface area contributed by atoms with E-state index in [0.717, 1.165) is 17.4 Å². The molecule has 4 nitrogen and oxygen atoms in total. The summed E-state index contributed by atoms with van der Waals surface area (Å²) in [7, 11) is -3.66. The Balaban J connectivity index is 2.15. The van der Waals surface area contributed by atoms with Crippen LogP contribution < -0.4 is 4.72 Å². The maximum Gasteiger partial charge on any atom is 0.250 e. The fourth-order valence-electron chi connectivity index (χ4n) is 1.45. The van der Waals surface area contributed by atoms with E-state index in [0.29, 0.717) is 3.79 Å². The molecule has 0 aliphatic carbocycles. The van der Waals surface area contributed by atoms with Gasteiger partial charge in [-0.05, 0) is 40.2 Å². The Kier molecular flexibility index (Phi) is 4.55. The van der Waals surface area contributed by atoms with Crippen molar-refractivity contribution in [1.82, 2.24) is 4.72 Å². The van der Waals surface area contributed by atoms with Crippen LogP contribution in [0.2, 0.25) is 0 Å². The summed E-state index contributed by atoms with van der Waals surface area (Å²) < 4.78 is 40.7. The van der Waals surface area contributed by atoms with E-state index in [4.69, 9.17) is 5.26 Å². The van der Waals surface area contributed by atoms with Crippen LogP contribution in [-0.2, 0) is 16.6 Å². The van der Waals surface area contributed by atoms with Crippen LogP contribution in [0.3, 0.4) is 0 Å². The standard InChI is InChI=1S/C12H8BrFN2O2S2/c13-11-3-4-12(19-11)20(17,18)16-7-9-2-1-8(6-15)5-10(9)14/h1-5,16H,7H2. The first-order valence-electron chi connectivity index (χ1n) is 5.36. The molecule has 0 amide bonds. The van der Waals surface area contributed by atoms with Crippen molar-refractivity contribution in [2.24, 2.45) is 0 Å². The normalized spacial score (nSPS) is 11.2. The molecule has 0 unspecified atom stereocenters. The second kappa shape index (κ2) is 6.01. The lowest BCUT2D eigenvalue weighted by atomic mass is 10.1. The molecule has 20 heavy (non-hydrogen) atoms. The number of benzene rings is 1. The predicted octanol–water partition coefficient (Wildman–Crippen LogP) is 3.00. The molecule has 0 atom stereocenters. The van der Waals surface area contributed by atoms with E-state index < -0.39 is 15.8 Å². The van der Waals surface area contributed by atoms with Gasteiger partial charge in [0.15, 0.2) is 0 Å². The minimum Gasteiger partial charge on any atom is -0.207 e. The molecule has 0 saturated carbocycles. The molecule has 2 aromatic rings. The molecule has 1 aromatic carbocycles. The number of nitriles is 1. The summed E-state index contributed by atoms with van der Waals surface area (Å²) in [5.41, 5.74) is 0.375. The molecule has 0 radical (unpaired) electrons. The average Bonchev–Trinajstić information content (AvgIpc) is 2.85. The summed E-state index contributed by atoms with van der Waals surface area (Å²) in [5, 5.41) is 8.63. The first-order chi connectivity index (χ1) is 9.42. The molecular weight excluding hydrogens is 367 g/mol. The maximum absolute atomic E-state index is 13.6. The molecule has 8 heteroatoms. The number of thiophene rings is 1. The van der Waals surface area contributed by atoms with E-state index in [-0.39, 0.29) is 21.9 Å². The highest BCUT2D eigenvalue weighted by atomic mass is 79.9. The second-order valence-electron chi connectivity index (χ2n) is 3.80. The summed E-state index contributed by atoms with van der Waals surface area (Å²) in [6.07, 6.45) is 0. The zero-order valence-electron chi connectivity index (χ0n) is 9.93. The van der Waals surface area contributed by atoms with Gasteiger partial charge in [-0.2, -0.15) is 5.26 Å². The third-order valence-corrected chi connectivity index (χ3v) is 5.96. The van der Waals surface area contributed by atoms with Gasteiger partial charge >= 0.3 is 0 Å². The highest BCUT2D eigenvalue weighted by Gasteiger charge is 2.17. The molecule has 0 bridgehead atoms. The van der Waals surface area contributed by atoms with E-state index in [9.17, 15) is 12.8 Å². The van der Waals surface area contributed by atoms with Gasteiger partial charge in [0, 0.05) is 12.1 Å². The predicted molar refractivity (Wildman–Crippen MR) is 77.2 cm³/mol. The fraction of sp³-hybridized carbons (Fsp3) is 0.0833. The van der Waals surface area contributed by atoms with E-state index in [1.807, 2.05) is 6.07 Å². The summed E-state index contributed by atoms with van der Waals surface area (Å²) in [5.74, 6) is -0.612. The monoisotopic (exact) mass is 374 g/mol. The lowest BCUT2D eigenvalue weighted by Gasteiger charge is -2.06. The summed E-state index contributed by atoms with van der Waals surface area (Å²) in [6.45, 7) is -0.171. The number of hydrogen-bond donors (Lipinski definition) is 1. The van der Waals surface area contributed by atoms with Crippen molar-refractivity contribution in [1.29, 1.82) is 5.26 Å². The quantitative estimate of drug-likeness (QED) is 0.893. The molecule has 2 rings (SSSR count). The van der Waals surface area contributed by atoms with Crippen LogP contribution in [0.4, 0.5) is 4.39 Å². The van der Waals surface area contributed by atoms with Crippen molar-refractivity contribution < 1.29 is 12.8 Å². The van der Waals surface area contributed by atoms with Crippen molar-refractivity contribution in [3.05, 3.63) is 51.1 Å². The Morgan fingerprint density at radius 3 is 2.65 bits per heavy atom. The third-order valence-electron chi connectivity index (χ3n) is 2.45. The zero-order chi connectivity index (χ0) is 14.8. The summed E-state index contributed by atoms with van der Waals surface area (Å²) in [4.78, 5) is 0. The van der Waals surface area contributed by atoms with E-state index >= 15 is 0 Å². The zero-order valence-corrected chi connectivity index (χ0v) is 13.1. The van der Waals surface area contributed by atoms with Crippen LogP contribution in [0, 0.1) is 17.1 Å². The second-order valence-corrected chi connectivity index (χ2v) is 8.26. The molecule has 0 saturated heterocycles. The number of nitrogens with one attached hydrogen (secondary N) is 1. The Morgan fingerprint density at radius 2 is 2.10 bits per heavy atom. The summed E-state index contributed by atoms with van der Waals surface area (Å²) in [6, 6.07) is 8.81. The Bertz CT molecular complexity index is 781. The number of nitrogens with zero attached hydrogens (tertiary/aromatic N) is 1. The number of sulfonamides is 1. The summed E-state index contributed by atoms with van der Waals surface area (Å²) >= 11 is 4.25. The van der Waals surface area contributed by atoms with Crippen LogP contribution in [0.15, 0.2) is 38.3 Å². The molecule has 0 aliphatic rings. The highest BCUT2D eigenvalue weighted by molar-refractivity contribution is 9.11. The van der Waals surface area contributed by atoms with Crippen LogP contribution in [0.5, 0.6) is 0 Å². The van der Waals surface area contributed by atoms with Gasteiger partial charge in [-0.1, -0.05) is 6.07 Å². The van der Waals surface area contributed by atoms with Gasteiger partial charge in [-0.25, -0.2) is 17.5 Å². The van der Waals surface area contributed by atoms with Crippen LogP contribution >= 0.6 is 27.3 Å². The lowest BCUT2D eigenvalue weighted by molar-refractivity contribution is 0.576. The molecule has 0 spiro atoms. The minimum absolute atomic E-state index is 0.151. The van der Waals surface area contributed by atoms with E-state index in [1.165, 1.54) is 18.2 Å². The van der Waals surface area contributed by atoms with Crippen molar-refractivity contribution in [2.75, 3.05) is 0 Å². The Hall–Kier alpha value is -1.27. The van der Waals surface area contributed by atoms with E-state index in [2.05, 4.69) is 20.7 Å². The SMILES string of the molecule is N#Cc1ccc(CNS(=O)(=O)c2ccc(Br)s2)c(F)c1. The van der Waals surface area contributed by atoms with Gasteiger partial charge in [0.05, 0.1) is 15.4 Å². The topological polar surface area (TPSA) is 70.0 Å². The van der Waals surface area contributed by atoms with Gasteiger partial charge in [0.1, 0.15) is 10.0 Å². The van der Waals surface area contributed by atoms with Gasteiger partial charge in [0.25, 0.3) is 0 Å². The Morgan fingerprint density at radius 1 is 1.35 bits per heavy atom. The lowest BCUT2D eigenvalue weighted by Crippen LogP contribution is -2.22. The molecule has 1 aromatic heterocycles. The molecule has 1 N–H and O–H groups in total. The number of halogens is 2. The highest BCUT2D eigenvalue weighted by Crippen LogP contribution is 2.26. The fourth-order valence-corrected chi connectivity index (χ4v) is 4.51. The van der Waals surface area contributed by atoms with Crippen LogP contribution in [-0.4, -0.2) is 8.42 Å². The number of rotatable bonds is 4. The van der Waals surface area contributed by atoms with Crippen molar-refractivity contribution in [3.8, 4) is 6.07 Å². The van der Waals surface area contributed by atoms with Gasteiger partial charge < -0.3 is 0 Å².